The molecule has 1 aromatic carbocycles. The van der Waals surface area contributed by atoms with E-state index in [9.17, 15) is 9.59 Å². The fourth-order valence-electron chi connectivity index (χ4n) is 3.54. The number of benzene rings is 1. The zero-order chi connectivity index (χ0) is 17.8. The molecule has 4 nitrogen and oxygen atoms in total. The number of carbonyl (C=O) groups excluding carboxylic acids is 2. The Labute approximate surface area is 151 Å². The van der Waals surface area contributed by atoms with E-state index in [0.29, 0.717) is 18.9 Å². The molecule has 1 saturated carbocycles. The van der Waals surface area contributed by atoms with Crippen LogP contribution in [0.1, 0.15) is 60.0 Å². The second kappa shape index (κ2) is 8.13. The highest BCUT2D eigenvalue weighted by Gasteiger charge is 2.26. The van der Waals surface area contributed by atoms with Crippen molar-refractivity contribution in [3.63, 3.8) is 0 Å². The molecule has 1 N–H and O–H groups in total. The summed E-state index contributed by atoms with van der Waals surface area (Å²) in [4.78, 5) is 26.8. The van der Waals surface area contributed by atoms with Gasteiger partial charge >= 0.3 is 0 Å². The van der Waals surface area contributed by atoms with Crippen LogP contribution in [0, 0.1) is 19.8 Å². The maximum Gasteiger partial charge on any atom is 0.223 e. The van der Waals surface area contributed by atoms with Gasteiger partial charge in [0.25, 0.3) is 0 Å². The first-order chi connectivity index (χ1) is 12.0. The summed E-state index contributed by atoms with van der Waals surface area (Å²) in [5.41, 5.74) is 2.84. The van der Waals surface area contributed by atoms with E-state index in [0.717, 1.165) is 55.1 Å². The van der Waals surface area contributed by atoms with E-state index in [1.54, 1.807) is 0 Å². The summed E-state index contributed by atoms with van der Waals surface area (Å²) in [6.07, 6.45) is 5.44. The number of ketones is 1. The molecule has 0 bridgehead atoms. The van der Waals surface area contributed by atoms with E-state index in [4.69, 9.17) is 0 Å². The van der Waals surface area contributed by atoms with E-state index in [-0.39, 0.29) is 11.7 Å². The Morgan fingerprint density at radius 2 is 1.80 bits per heavy atom. The average molecular weight is 342 g/mol. The molecule has 2 aliphatic rings. The van der Waals surface area contributed by atoms with Crippen molar-refractivity contribution in [2.75, 3.05) is 19.6 Å². The van der Waals surface area contributed by atoms with E-state index in [1.807, 2.05) is 36.9 Å². The van der Waals surface area contributed by atoms with Crippen LogP contribution in [0.15, 0.2) is 18.2 Å². The van der Waals surface area contributed by atoms with Gasteiger partial charge in [-0.15, -0.1) is 0 Å². The van der Waals surface area contributed by atoms with Crippen molar-refractivity contribution in [2.24, 2.45) is 5.92 Å². The third-order valence-electron chi connectivity index (χ3n) is 5.50. The number of nitrogens with one attached hydrogen (secondary N) is 1. The van der Waals surface area contributed by atoms with Gasteiger partial charge in [0.05, 0.1) is 0 Å². The number of Topliss-reactive ketones (excluding diaryl/α,β-unsaturated/α-hetero) is 1. The Balaban J connectivity index is 1.41. The lowest BCUT2D eigenvalue weighted by atomic mass is 9.98. The Morgan fingerprint density at radius 3 is 2.48 bits per heavy atom. The largest absolute Gasteiger partial charge is 0.343 e. The molecule has 0 aromatic heterocycles. The number of hydrogen-bond donors (Lipinski definition) is 1. The molecule has 0 unspecified atom stereocenters. The zero-order valence-corrected chi connectivity index (χ0v) is 15.5. The van der Waals surface area contributed by atoms with Crippen LogP contribution in [0.2, 0.25) is 0 Å². The quantitative estimate of drug-likeness (QED) is 0.774. The van der Waals surface area contributed by atoms with Crippen LogP contribution in [0.25, 0.3) is 0 Å². The summed E-state index contributed by atoms with van der Waals surface area (Å²) in [6, 6.07) is 6.47. The number of rotatable bonds is 7. The highest BCUT2D eigenvalue weighted by Crippen LogP contribution is 2.28. The molecular formula is C21H30N2O2. The third kappa shape index (κ3) is 5.15. The number of hydrogen-bond acceptors (Lipinski definition) is 3. The minimum atomic E-state index is 0.0792. The number of likely N-dealkylation sites (tertiary alicyclic amines) is 1. The normalized spacial score (nSPS) is 18.4. The molecule has 3 rings (SSSR count). The minimum Gasteiger partial charge on any atom is -0.343 e. The number of carbonyl (C=O) groups is 2. The minimum absolute atomic E-state index is 0.0792. The molecule has 136 valence electrons. The van der Waals surface area contributed by atoms with Crippen LogP contribution >= 0.6 is 0 Å². The molecule has 1 aliphatic heterocycles. The zero-order valence-electron chi connectivity index (χ0n) is 15.5. The van der Waals surface area contributed by atoms with Crippen LogP contribution < -0.4 is 5.32 Å². The standard InChI is InChI=1S/C21H30N2O2/c1-15-3-4-16(2)19(13-15)20(24)7-8-21(25)23-11-9-18(10-12-23)22-14-17-5-6-17/h3-4,13,17-18,22H,5-12,14H2,1-2H3. The number of piperidine rings is 1. The van der Waals surface area contributed by atoms with Crippen LogP contribution in [0.4, 0.5) is 0 Å². The van der Waals surface area contributed by atoms with Gasteiger partial charge in [0.2, 0.25) is 5.91 Å². The van der Waals surface area contributed by atoms with Crippen molar-refractivity contribution in [1.82, 2.24) is 10.2 Å². The van der Waals surface area contributed by atoms with Crippen molar-refractivity contribution < 1.29 is 9.59 Å². The van der Waals surface area contributed by atoms with Crippen molar-refractivity contribution in [1.29, 1.82) is 0 Å². The summed E-state index contributed by atoms with van der Waals surface area (Å²) < 4.78 is 0. The molecule has 2 fully saturated rings. The van der Waals surface area contributed by atoms with Crippen LogP contribution in [-0.4, -0.2) is 42.3 Å². The predicted octanol–water partition coefficient (Wildman–Crippen LogP) is 3.26. The summed E-state index contributed by atoms with van der Waals surface area (Å²) in [7, 11) is 0. The SMILES string of the molecule is Cc1ccc(C)c(C(=O)CCC(=O)N2CCC(NCC3CC3)CC2)c1. The summed E-state index contributed by atoms with van der Waals surface area (Å²) in [6.45, 7) is 6.72. The highest BCUT2D eigenvalue weighted by atomic mass is 16.2. The Kier molecular flexibility index (Phi) is 5.89. The van der Waals surface area contributed by atoms with Crippen molar-refractivity contribution >= 4 is 11.7 Å². The molecule has 0 radical (unpaired) electrons. The number of nitrogens with zero attached hydrogens (tertiary/aromatic N) is 1. The fourth-order valence-corrected chi connectivity index (χ4v) is 3.54. The van der Waals surface area contributed by atoms with E-state index >= 15 is 0 Å². The van der Waals surface area contributed by atoms with E-state index in [2.05, 4.69) is 5.32 Å². The van der Waals surface area contributed by atoms with Gasteiger partial charge in [0.15, 0.2) is 5.78 Å². The number of aryl methyl sites for hydroxylation is 2. The number of amides is 1. The lowest BCUT2D eigenvalue weighted by molar-refractivity contribution is -0.132. The Morgan fingerprint density at radius 1 is 1.08 bits per heavy atom. The average Bonchev–Trinajstić information content (AvgIpc) is 3.44. The summed E-state index contributed by atoms with van der Waals surface area (Å²) in [5.74, 6) is 1.10. The first-order valence-corrected chi connectivity index (χ1v) is 9.64. The van der Waals surface area contributed by atoms with Crippen LogP contribution in [0.3, 0.4) is 0 Å². The molecular weight excluding hydrogens is 312 g/mol. The van der Waals surface area contributed by atoms with Gasteiger partial charge in [-0.25, -0.2) is 0 Å². The molecule has 0 atom stereocenters. The van der Waals surface area contributed by atoms with E-state index in [1.165, 1.54) is 12.8 Å². The predicted molar refractivity (Wildman–Crippen MR) is 99.8 cm³/mol. The molecule has 1 aliphatic carbocycles. The first kappa shape index (κ1) is 18.1. The molecule has 4 heteroatoms. The van der Waals surface area contributed by atoms with Gasteiger partial charge in [0.1, 0.15) is 0 Å². The van der Waals surface area contributed by atoms with Gasteiger partial charge in [-0.2, -0.15) is 0 Å². The smallest absolute Gasteiger partial charge is 0.223 e. The van der Waals surface area contributed by atoms with Gasteiger partial charge < -0.3 is 10.2 Å². The van der Waals surface area contributed by atoms with Gasteiger partial charge in [-0.3, -0.25) is 9.59 Å². The molecule has 1 saturated heterocycles. The monoisotopic (exact) mass is 342 g/mol. The van der Waals surface area contributed by atoms with Crippen LogP contribution in [-0.2, 0) is 4.79 Å². The van der Waals surface area contributed by atoms with Gasteiger partial charge in [-0.1, -0.05) is 17.7 Å². The topological polar surface area (TPSA) is 49.4 Å². The molecule has 1 heterocycles. The Hall–Kier alpha value is -1.68. The molecule has 1 aromatic rings. The third-order valence-corrected chi connectivity index (χ3v) is 5.50. The molecule has 25 heavy (non-hydrogen) atoms. The maximum absolute atomic E-state index is 12.4. The molecule has 1 amide bonds. The summed E-state index contributed by atoms with van der Waals surface area (Å²) in [5, 5.41) is 3.63. The second-order valence-electron chi connectivity index (χ2n) is 7.75. The van der Waals surface area contributed by atoms with Crippen molar-refractivity contribution in [3.8, 4) is 0 Å². The lowest BCUT2D eigenvalue weighted by Crippen LogP contribution is -2.45. The van der Waals surface area contributed by atoms with Crippen LogP contribution in [0.5, 0.6) is 0 Å². The Bertz CT molecular complexity index is 629. The van der Waals surface area contributed by atoms with Gasteiger partial charge in [0, 0.05) is 37.5 Å². The maximum atomic E-state index is 12.4. The van der Waals surface area contributed by atoms with Gasteiger partial charge in [-0.05, 0) is 63.6 Å². The molecule has 0 spiro atoms. The fraction of sp³-hybridized carbons (Fsp3) is 0.619. The van der Waals surface area contributed by atoms with E-state index < -0.39 is 0 Å². The summed E-state index contributed by atoms with van der Waals surface area (Å²) >= 11 is 0. The first-order valence-electron chi connectivity index (χ1n) is 9.64. The lowest BCUT2D eigenvalue weighted by Gasteiger charge is -2.32. The second-order valence-corrected chi connectivity index (χ2v) is 7.75. The highest BCUT2D eigenvalue weighted by molar-refractivity contribution is 5.99. The van der Waals surface area contributed by atoms with Crippen molar-refractivity contribution in [2.45, 2.75) is 58.4 Å². The van der Waals surface area contributed by atoms with Crippen molar-refractivity contribution in [3.05, 3.63) is 34.9 Å².